The van der Waals surface area contributed by atoms with Crippen LogP contribution in [0.1, 0.15) is 10.4 Å². The van der Waals surface area contributed by atoms with Gasteiger partial charge in [0.05, 0.1) is 0 Å². The zero-order valence-corrected chi connectivity index (χ0v) is 8.54. The van der Waals surface area contributed by atoms with Gasteiger partial charge in [-0.3, -0.25) is 9.59 Å². The van der Waals surface area contributed by atoms with Gasteiger partial charge >= 0.3 is 5.97 Å². The molecule has 14 heavy (non-hydrogen) atoms. The fourth-order valence-corrected chi connectivity index (χ4v) is 1.27. The number of carboxylic acids is 1. The van der Waals surface area contributed by atoms with Crippen LogP contribution in [0, 0.1) is 0 Å². The van der Waals surface area contributed by atoms with E-state index in [-0.39, 0.29) is 12.5 Å². The Hall–Kier alpha value is -1.41. The van der Waals surface area contributed by atoms with E-state index in [0.29, 0.717) is 5.56 Å². The highest BCUT2D eigenvalue weighted by molar-refractivity contribution is 7.14. The second kappa shape index (κ2) is 4.72. The van der Waals surface area contributed by atoms with Crippen LogP contribution in [0.3, 0.4) is 0 Å². The quantitative estimate of drug-likeness (QED) is 0.759. The van der Waals surface area contributed by atoms with Crippen LogP contribution >= 0.6 is 9.39 Å². The van der Waals surface area contributed by atoms with E-state index in [4.69, 9.17) is 5.11 Å². The molecule has 0 aliphatic heterocycles. The Morgan fingerprint density at radius 1 is 1.29 bits per heavy atom. The van der Waals surface area contributed by atoms with Crippen molar-refractivity contribution in [3.05, 3.63) is 35.9 Å². The number of carbonyl (C=O) groups is 2. The maximum atomic E-state index is 11.5. The molecule has 1 aromatic carbocycles. The van der Waals surface area contributed by atoms with E-state index in [1.165, 1.54) is 0 Å². The minimum Gasteiger partial charge on any atom is -0.480 e. The lowest BCUT2D eigenvalue weighted by molar-refractivity contribution is -0.136. The first-order valence-electron chi connectivity index (χ1n) is 3.94. The molecule has 0 aliphatic rings. The summed E-state index contributed by atoms with van der Waals surface area (Å²) in [5.74, 6) is -1.36. The molecule has 1 N–H and O–H groups in total. The van der Waals surface area contributed by atoms with Gasteiger partial charge in [-0.1, -0.05) is 18.2 Å². The number of nitrogens with zero attached hydrogens (tertiary/aromatic N) is 1. The number of aliphatic carboxylic acids is 1. The minimum atomic E-state index is -1.04. The highest BCUT2D eigenvalue weighted by Crippen LogP contribution is 2.08. The van der Waals surface area contributed by atoms with Crippen molar-refractivity contribution in [1.29, 1.82) is 0 Å². The third-order valence-corrected chi connectivity index (χ3v) is 2.00. The number of carbonyl (C=O) groups excluding carboxylic acids is 1. The summed E-state index contributed by atoms with van der Waals surface area (Å²) >= 11 is 0. The highest BCUT2D eigenvalue weighted by atomic mass is 31.0. The van der Waals surface area contributed by atoms with E-state index < -0.39 is 5.97 Å². The first-order chi connectivity index (χ1) is 6.61. The smallest absolute Gasteiger partial charge is 0.323 e. The van der Waals surface area contributed by atoms with Crippen molar-refractivity contribution in [2.24, 2.45) is 0 Å². The Morgan fingerprint density at radius 2 is 1.86 bits per heavy atom. The molecule has 0 aliphatic carbocycles. The van der Waals surface area contributed by atoms with Crippen LogP contribution in [-0.2, 0) is 4.79 Å². The van der Waals surface area contributed by atoms with Gasteiger partial charge in [-0.2, -0.15) is 0 Å². The maximum absolute atomic E-state index is 11.5. The molecular formula is C9H10NO3P. The lowest BCUT2D eigenvalue weighted by atomic mass is 10.2. The monoisotopic (exact) mass is 211 g/mol. The van der Waals surface area contributed by atoms with Crippen molar-refractivity contribution in [2.75, 3.05) is 6.54 Å². The van der Waals surface area contributed by atoms with Gasteiger partial charge in [-0.25, -0.2) is 0 Å². The van der Waals surface area contributed by atoms with Gasteiger partial charge in [0.25, 0.3) is 5.91 Å². The molecule has 0 radical (unpaired) electrons. The summed E-state index contributed by atoms with van der Waals surface area (Å²) in [5, 5.41) is 8.47. The molecule has 0 saturated heterocycles. The molecule has 1 unspecified atom stereocenters. The van der Waals surface area contributed by atoms with E-state index in [0.717, 1.165) is 4.67 Å². The molecular weight excluding hydrogens is 201 g/mol. The summed E-state index contributed by atoms with van der Waals surface area (Å²) in [6.07, 6.45) is 0. The molecule has 0 bridgehead atoms. The standard InChI is InChI=1S/C9H10NO3P/c11-8(12)6-10(14)9(13)7-4-2-1-3-5-7/h1-5H,6,14H2,(H,11,12). The van der Waals surface area contributed by atoms with E-state index in [2.05, 4.69) is 9.39 Å². The van der Waals surface area contributed by atoms with Gasteiger partial charge < -0.3 is 9.78 Å². The zero-order valence-electron chi connectivity index (χ0n) is 7.38. The number of rotatable bonds is 3. The Morgan fingerprint density at radius 3 is 2.36 bits per heavy atom. The number of amides is 1. The van der Waals surface area contributed by atoms with Crippen LogP contribution in [0.4, 0.5) is 0 Å². The molecule has 0 heterocycles. The molecule has 0 fully saturated rings. The van der Waals surface area contributed by atoms with E-state index in [1.54, 1.807) is 30.3 Å². The molecule has 74 valence electrons. The Labute approximate surface area is 83.8 Å². The summed E-state index contributed by atoms with van der Waals surface area (Å²) < 4.78 is 1.08. The van der Waals surface area contributed by atoms with Crippen molar-refractivity contribution >= 4 is 21.3 Å². The van der Waals surface area contributed by atoms with Crippen molar-refractivity contribution in [3.63, 3.8) is 0 Å². The van der Waals surface area contributed by atoms with Gasteiger partial charge in [0, 0.05) is 5.56 Å². The molecule has 1 aromatic rings. The minimum absolute atomic E-state index is 0.321. The number of hydrogen-bond donors (Lipinski definition) is 1. The summed E-state index contributed by atoms with van der Waals surface area (Å²) in [6.45, 7) is -0.321. The maximum Gasteiger partial charge on any atom is 0.323 e. The van der Waals surface area contributed by atoms with Crippen molar-refractivity contribution in [2.45, 2.75) is 0 Å². The Bertz CT molecular complexity index is 339. The predicted molar refractivity (Wildman–Crippen MR) is 54.8 cm³/mol. The summed E-state index contributed by atoms with van der Waals surface area (Å²) in [6, 6.07) is 8.53. The lowest BCUT2D eigenvalue weighted by Crippen LogP contribution is -2.26. The normalized spacial score (nSPS) is 9.50. The van der Waals surface area contributed by atoms with Gasteiger partial charge in [-0.05, 0) is 21.5 Å². The third-order valence-electron chi connectivity index (χ3n) is 1.59. The van der Waals surface area contributed by atoms with Crippen LogP contribution in [0.15, 0.2) is 30.3 Å². The van der Waals surface area contributed by atoms with E-state index in [1.807, 2.05) is 0 Å². The molecule has 5 heteroatoms. The number of hydrogen-bond acceptors (Lipinski definition) is 2. The molecule has 1 atom stereocenters. The second-order valence-electron chi connectivity index (χ2n) is 2.69. The van der Waals surface area contributed by atoms with Crippen LogP contribution in [0.2, 0.25) is 0 Å². The largest absolute Gasteiger partial charge is 0.480 e. The van der Waals surface area contributed by atoms with Crippen LogP contribution in [0.5, 0.6) is 0 Å². The van der Waals surface area contributed by atoms with Crippen LogP contribution in [0.25, 0.3) is 0 Å². The summed E-state index contributed by atoms with van der Waals surface area (Å²) in [7, 11) is 2.09. The second-order valence-corrected chi connectivity index (χ2v) is 3.32. The van der Waals surface area contributed by atoms with Gasteiger partial charge in [-0.15, -0.1) is 0 Å². The molecule has 1 amide bonds. The predicted octanol–water partition coefficient (Wildman–Crippen LogP) is 1.00. The van der Waals surface area contributed by atoms with E-state index >= 15 is 0 Å². The fourth-order valence-electron chi connectivity index (χ4n) is 0.964. The van der Waals surface area contributed by atoms with Crippen LogP contribution < -0.4 is 0 Å². The zero-order chi connectivity index (χ0) is 10.6. The molecule has 0 aromatic heterocycles. The average molecular weight is 211 g/mol. The summed E-state index contributed by atoms with van der Waals surface area (Å²) in [4.78, 5) is 21.9. The third kappa shape index (κ3) is 2.82. The average Bonchev–Trinajstić information content (AvgIpc) is 2.17. The van der Waals surface area contributed by atoms with Crippen molar-refractivity contribution < 1.29 is 14.7 Å². The SMILES string of the molecule is O=C(O)CN(P)C(=O)c1ccccc1. The highest BCUT2D eigenvalue weighted by Gasteiger charge is 2.13. The molecule has 0 spiro atoms. The fraction of sp³-hybridized carbons (Fsp3) is 0.111. The number of carboxylic acid groups (broad SMARTS) is 1. The summed E-state index contributed by atoms with van der Waals surface area (Å²) in [5.41, 5.74) is 0.476. The first kappa shape index (κ1) is 10.7. The topological polar surface area (TPSA) is 57.6 Å². The van der Waals surface area contributed by atoms with E-state index in [9.17, 15) is 9.59 Å². The lowest BCUT2D eigenvalue weighted by Gasteiger charge is -2.13. The first-order valence-corrected chi connectivity index (χ1v) is 4.46. The molecule has 0 saturated carbocycles. The molecule has 1 rings (SSSR count). The van der Waals surface area contributed by atoms with Crippen molar-refractivity contribution in [3.8, 4) is 0 Å². The van der Waals surface area contributed by atoms with Crippen molar-refractivity contribution in [1.82, 2.24) is 4.67 Å². The van der Waals surface area contributed by atoms with Gasteiger partial charge in [0.2, 0.25) is 0 Å². The number of benzene rings is 1. The van der Waals surface area contributed by atoms with Crippen LogP contribution in [-0.4, -0.2) is 28.2 Å². The van der Waals surface area contributed by atoms with Gasteiger partial charge in [0.1, 0.15) is 6.54 Å². The Balaban J connectivity index is 2.71. The van der Waals surface area contributed by atoms with Gasteiger partial charge in [0.15, 0.2) is 0 Å². The molecule has 4 nitrogen and oxygen atoms in total. The Kier molecular flexibility index (Phi) is 3.60.